The van der Waals surface area contributed by atoms with E-state index >= 15 is 0 Å². The molecule has 3 N–H and O–H groups in total. The fourth-order valence-corrected chi connectivity index (χ4v) is 15.5. The van der Waals surface area contributed by atoms with Gasteiger partial charge in [-0.05, 0) is 44.9 Å². The molecule has 0 saturated carbocycles. The Morgan fingerprint density at radius 3 is 0.745 bits per heavy atom. The molecule has 0 aromatic rings. The molecule has 10 heteroatoms. The van der Waals surface area contributed by atoms with Crippen molar-refractivity contribution in [3.63, 3.8) is 0 Å². The first kappa shape index (κ1) is 100. The first-order valence-electron chi connectivity index (χ1n) is 46.3. The van der Waals surface area contributed by atoms with Crippen molar-refractivity contribution in [3.8, 4) is 0 Å². The van der Waals surface area contributed by atoms with Crippen LogP contribution in [0.15, 0.2) is 24.3 Å². The van der Waals surface area contributed by atoms with Gasteiger partial charge in [0.1, 0.15) is 6.61 Å². The van der Waals surface area contributed by atoms with E-state index in [0.29, 0.717) is 6.42 Å². The highest BCUT2D eigenvalue weighted by Gasteiger charge is 2.26. The highest BCUT2D eigenvalue weighted by atomic mass is 31.2. The predicted octanol–water partition coefficient (Wildman–Crippen LogP) is 31.5. The van der Waals surface area contributed by atoms with E-state index in [-0.39, 0.29) is 38.6 Å². The lowest BCUT2D eigenvalue weighted by molar-refractivity contribution is -0.161. The van der Waals surface area contributed by atoms with Gasteiger partial charge in [0.15, 0.2) is 6.10 Å². The van der Waals surface area contributed by atoms with Crippen molar-refractivity contribution >= 4 is 19.8 Å². The molecule has 2 unspecified atom stereocenters. The Hall–Kier alpha value is -1.51. The second kappa shape index (κ2) is 88.4. The van der Waals surface area contributed by atoms with Crippen LogP contribution in [-0.4, -0.2) is 49.3 Å². The van der Waals surface area contributed by atoms with Crippen molar-refractivity contribution in [2.75, 3.05) is 26.4 Å². The van der Waals surface area contributed by atoms with Gasteiger partial charge >= 0.3 is 19.8 Å². The third kappa shape index (κ3) is 87.4. The van der Waals surface area contributed by atoms with Gasteiger partial charge in [0.2, 0.25) is 0 Å². The molecule has 0 rings (SSSR count). The number of nitrogens with two attached hydrogens (primary N) is 1. The Labute approximate surface area is 637 Å². The first-order valence-corrected chi connectivity index (χ1v) is 47.8. The van der Waals surface area contributed by atoms with Gasteiger partial charge in [-0.25, -0.2) is 4.57 Å². The summed E-state index contributed by atoms with van der Waals surface area (Å²) in [7, 11) is -4.40. The quantitative estimate of drug-likeness (QED) is 0.0264. The fraction of sp³-hybridized carbons (Fsp3) is 0.935. The van der Waals surface area contributed by atoms with Gasteiger partial charge in [-0.3, -0.25) is 18.6 Å². The number of unbranched alkanes of at least 4 members (excludes halogenated alkanes) is 73. The first-order chi connectivity index (χ1) is 50.3. The molecule has 0 aliphatic heterocycles. The van der Waals surface area contributed by atoms with Crippen LogP contribution in [-0.2, 0) is 32.7 Å². The van der Waals surface area contributed by atoms with Crippen molar-refractivity contribution in [1.29, 1.82) is 0 Å². The van der Waals surface area contributed by atoms with Crippen LogP contribution in [0.1, 0.15) is 521 Å². The van der Waals surface area contributed by atoms with Gasteiger partial charge in [0.25, 0.3) is 0 Å². The molecule has 0 heterocycles. The van der Waals surface area contributed by atoms with E-state index in [1.165, 1.54) is 449 Å². The molecule has 102 heavy (non-hydrogen) atoms. The maximum atomic E-state index is 12.8. The molecule has 0 radical (unpaired) electrons. The van der Waals surface area contributed by atoms with Gasteiger partial charge in [-0.15, -0.1) is 0 Å². The topological polar surface area (TPSA) is 134 Å². The fourth-order valence-electron chi connectivity index (χ4n) is 14.7. The van der Waals surface area contributed by atoms with Crippen LogP contribution in [0.4, 0.5) is 0 Å². The van der Waals surface area contributed by atoms with Gasteiger partial charge in [-0.2, -0.15) is 0 Å². The minimum absolute atomic E-state index is 0.0580. The third-order valence-electron chi connectivity index (χ3n) is 21.6. The predicted molar refractivity (Wildman–Crippen MR) is 446 cm³/mol. The van der Waals surface area contributed by atoms with Crippen LogP contribution >= 0.6 is 7.82 Å². The summed E-state index contributed by atoms with van der Waals surface area (Å²) in [6.07, 6.45) is 114. The van der Waals surface area contributed by atoms with Crippen molar-refractivity contribution < 1.29 is 37.6 Å². The number of carbonyl (C=O) groups is 2. The number of ether oxygens (including phenoxy) is 2. The van der Waals surface area contributed by atoms with Crippen molar-refractivity contribution in [1.82, 2.24) is 0 Å². The van der Waals surface area contributed by atoms with Crippen LogP contribution in [0.3, 0.4) is 0 Å². The lowest BCUT2D eigenvalue weighted by Gasteiger charge is -2.19. The number of esters is 2. The van der Waals surface area contributed by atoms with Crippen LogP contribution in [0, 0.1) is 0 Å². The highest BCUT2D eigenvalue weighted by Crippen LogP contribution is 2.43. The van der Waals surface area contributed by atoms with Gasteiger partial charge in [-0.1, -0.05) is 488 Å². The zero-order chi connectivity index (χ0) is 73.6. The number of rotatable bonds is 90. The van der Waals surface area contributed by atoms with E-state index in [2.05, 4.69) is 38.2 Å². The largest absolute Gasteiger partial charge is 0.472 e. The van der Waals surface area contributed by atoms with Crippen LogP contribution < -0.4 is 5.73 Å². The Morgan fingerprint density at radius 1 is 0.294 bits per heavy atom. The van der Waals surface area contributed by atoms with Crippen molar-refractivity contribution in [3.05, 3.63) is 24.3 Å². The molecule has 0 amide bonds. The number of hydrogen-bond acceptors (Lipinski definition) is 8. The standard InChI is InChI=1S/C92H180NO8P/c1-3-5-7-9-11-13-15-17-19-21-23-25-27-29-31-33-35-37-39-41-43-45-47-49-51-53-55-57-59-61-63-65-67-69-71-73-75-77-79-81-83-85-92(95)101-90(89-100-102(96,97)99-87-86-93)88-98-91(94)84-82-80-78-76-74-72-70-68-66-64-62-60-58-56-54-52-50-48-46-44-42-40-38-36-34-32-30-28-26-24-22-20-18-16-14-12-10-8-6-4-2/h15,17,21,23,90H,3-14,16,18-20,22,24-89,93H2,1-2H3,(H,96,97)/b17-15-,23-21-. The smallest absolute Gasteiger partial charge is 0.462 e. The zero-order valence-corrected chi connectivity index (χ0v) is 69.8. The summed E-state index contributed by atoms with van der Waals surface area (Å²) in [4.78, 5) is 35.6. The Morgan fingerprint density at radius 2 is 0.510 bits per heavy atom. The minimum atomic E-state index is -4.40. The van der Waals surface area contributed by atoms with Gasteiger partial charge in [0.05, 0.1) is 13.2 Å². The molecule has 0 aromatic carbocycles. The molecule has 0 aliphatic rings. The summed E-state index contributed by atoms with van der Waals surface area (Å²) < 4.78 is 33.4. The lowest BCUT2D eigenvalue weighted by Crippen LogP contribution is -2.29. The van der Waals surface area contributed by atoms with Crippen molar-refractivity contribution in [2.24, 2.45) is 5.73 Å². The summed E-state index contributed by atoms with van der Waals surface area (Å²) in [5.41, 5.74) is 5.43. The molecular formula is C92H180NO8P. The summed E-state index contributed by atoms with van der Waals surface area (Å²) >= 11 is 0. The molecule has 0 fully saturated rings. The molecule has 0 spiro atoms. The molecule has 9 nitrogen and oxygen atoms in total. The third-order valence-corrected chi connectivity index (χ3v) is 22.6. The lowest BCUT2D eigenvalue weighted by atomic mass is 10.0. The molecule has 2 atom stereocenters. The Bertz CT molecular complexity index is 1730. The summed E-state index contributed by atoms with van der Waals surface area (Å²) in [5, 5.41) is 0. The number of carbonyl (C=O) groups excluding carboxylic acids is 2. The monoisotopic (exact) mass is 1460 g/mol. The molecular weight excluding hydrogens is 1280 g/mol. The average Bonchev–Trinajstić information content (AvgIpc) is 0.948. The molecule has 0 aliphatic carbocycles. The van der Waals surface area contributed by atoms with Crippen LogP contribution in [0.25, 0.3) is 0 Å². The van der Waals surface area contributed by atoms with E-state index < -0.39 is 26.5 Å². The van der Waals surface area contributed by atoms with Crippen LogP contribution in [0.2, 0.25) is 0 Å². The van der Waals surface area contributed by atoms with E-state index in [4.69, 9.17) is 24.3 Å². The summed E-state index contributed by atoms with van der Waals surface area (Å²) in [6.45, 7) is 3.84. The summed E-state index contributed by atoms with van der Waals surface area (Å²) in [5.74, 6) is -0.794. The Kier molecular flexibility index (Phi) is 87.1. The van der Waals surface area contributed by atoms with E-state index in [1.807, 2.05) is 0 Å². The average molecular weight is 1460 g/mol. The van der Waals surface area contributed by atoms with Gasteiger partial charge in [0, 0.05) is 19.4 Å². The molecule has 0 saturated heterocycles. The number of hydrogen-bond donors (Lipinski definition) is 2. The van der Waals surface area contributed by atoms with E-state index in [9.17, 15) is 19.0 Å². The van der Waals surface area contributed by atoms with E-state index in [0.717, 1.165) is 38.5 Å². The maximum Gasteiger partial charge on any atom is 0.472 e. The second-order valence-electron chi connectivity index (χ2n) is 31.9. The van der Waals surface area contributed by atoms with Crippen molar-refractivity contribution in [2.45, 2.75) is 527 Å². The minimum Gasteiger partial charge on any atom is -0.462 e. The molecule has 0 bridgehead atoms. The highest BCUT2D eigenvalue weighted by molar-refractivity contribution is 7.47. The summed E-state index contributed by atoms with van der Waals surface area (Å²) in [6, 6.07) is 0. The number of phosphoric acid groups is 1. The zero-order valence-electron chi connectivity index (χ0n) is 68.9. The van der Waals surface area contributed by atoms with E-state index in [1.54, 1.807) is 0 Å². The van der Waals surface area contributed by atoms with Crippen LogP contribution in [0.5, 0.6) is 0 Å². The SMILES string of the molecule is CCCCCCC/C=C\C/C=C\CCCCCCCCCCCCCCCCCCCCCCCCCCCCCCCC(=O)OC(COC(=O)CCCCCCCCCCCCCCCCCCCCCCCCCCCCCCCCCCCCCCCCCC)COP(=O)(O)OCCN. The molecule has 606 valence electrons. The number of phosphoric ester groups is 1. The van der Waals surface area contributed by atoms with Gasteiger partial charge < -0.3 is 20.1 Å². The number of allylic oxidation sites excluding steroid dienone is 4. The normalized spacial score (nSPS) is 12.8. The molecule has 0 aromatic heterocycles. The Balaban J connectivity index is 3.66. The second-order valence-corrected chi connectivity index (χ2v) is 33.3. The maximum absolute atomic E-state index is 12.8.